The molecular formula is C18H19BrN2O. The Kier molecular flexibility index (Phi) is 4.81. The highest BCUT2D eigenvalue weighted by molar-refractivity contribution is 9.10. The van der Waals surface area contributed by atoms with Crippen LogP contribution in [-0.2, 0) is 10.2 Å². The van der Waals surface area contributed by atoms with Crippen LogP contribution in [0.5, 0.6) is 0 Å². The van der Waals surface area contributed by atoms with Crippen molar-refractivity contribution < 1.29 is 4.74 Å². The van der Waals surface area contributed by atoms with Crippen molar-refractivity contribution in [2.75, 3.05) is 0 Å². The lowest BCUT2D eigenvalue weighted by Gasteiger charge is -2.19. The van der Waals surface area contributed by atoms with E-state index in [1.165, 1.54) is 5.56 Å². The molecule has 2 rings (SSSR count). The molecule has 0 amide bonds. The monoisotopic (exact) mass is 358 g/mol. The SMILES string of the molecule is CC(C)(C)c1ccc(C(=N)OC(=N)c2ccc(Br)cc2)cc1. The molecule has 2 aromatic rings. The molecule has 0 aliphatic carbocycles. The van der Waals surface area contributed by atoms with Gasteiger partial charge in [-0.1, -0.05) is 48.8 Å². The van der Waals surface area contributed by atoms with Crippen LogP contribution in [0.15, 0.2) is 53.0 Å². The Morgan fingerprint density at radius 3 is 1.64 bits per heavy atom. The van der Waals surface area contributed by atoms with Crippen molar-refractivity contribution in [3.05, 3.63) is 69.7 Å². The molecule has 2 aromatic carbocycles. The lowest BCUT2D eigenvalue weighted by atomic mass is 9.87. The molecule has 0 unspecified atom stereocenters. The van der Waals surface area contributed by atoms with Crippen LogP contribution in [0.2, 0.25) is 0 Å². The summed E-state index contributed by atoms with van der Waals surface area (Å²) in [6.07, 6.45) is 0. The van der Waals surface area contributed by atoms with Crippen molar-refractivity contribution in [1.82, 2.24) is 0 Å². The predicted molar refractivity (Wildman–Crippen MR) is 94.0 cm³/mol. The van der Waals surface area contributed by atoms with Gasteiger partial charge in [-0.2, -0.15) is 0 Å². The Morgan fingerprint density at radius 1 is 0.818 bits per heavy atom. The number of hydrogen-bond acceptors (Lipinski definition) is 3. The van der Waals surface area contributed by atoms with Gasteiger partial charge in [-0.25, -0.2) is 0 Å². The summed E-state index contributed by atoms with van der Waals surface area (Å²) in [5.74, 6) is -0.0502. The first-order chi connectivity index (χ1) is 10.3. The Balaban J connectivity index is 2.09. The summed E-state index contributed by atoms with van der Waals surface area (Å²) in [6, 6.07) is 15.0. The van der Waals surface area contributed by atoms with E-state index < -0.39 is 0 Å². The van der Waals surface area contributed by atoms with Crippen molar-refractivity contribution in [1.29, 1.82) is 10.8 Å². The second-order valence-electron chi connectivity index (χ2n) is 6.09. The van der Waals surface area contributed by atoms with E-state index >= 15 is 0 Å². The zero-order valence-corrected chi connectivity index (χ0v) is 14.5. The van der Waals surface area contributed by atoms with E-state index in [1.54, 1.807) is 12.1 Å². The summed E-state index contributed by atoms with van der Waals surface area (Å²) in [4.78, 5) is 0. The van der Waals surface area contributed by atoms with Gasteiger partial charge in [-0.3, -0.25) is 10.8 Å². The maximum atomic E-state index is 8.01. The van der Waals surface area contributed by atoms with Crippen LogP contribution in [0.1, 0.15) is 37.5 Å². The first-order valence-electron chi connectivity index (χ1n) is 6.99. The minimum absolute atomic E-state index is 0.0200. The van der Waals surface area contributed by atoms with Crippen LogP contribution in [0.25, 0.3) is 0 Å². The number of rotatable bonds is 2. The molecule has 0 fully saturated rings. The van der Waals surface area contributed by atoms with Crippen LogP contribution in [0, 0.1) is 10.8 Å². The van der Waals surface area contributed by atoms with Crippen molar-refractivity contribution in [3.63, 3.8) is 0 Å². The highest BCUT2D eigenvalue weighted by Gasteiger charge is 2.14. The molecule has 0 aromatic heterocycles. The van der Waals surface area contributed by atoms with Crippen molar-refractivity contribution in [2.45, 2.75) is 26.2 Å². The third-order valence-electron chi connectivity index (χ3n) is 3.32. The molecule has 2 N–H and O–H groups in total. The van der Waals surface area contributed by atoms with Crippen LogP contribution < -0.4 is 0 Å². The molecule has 0 radical (unpaired) electrons. The maximum Gasteiger partial charge on any atom is 0.221 e. The summed E-state index contributed by atoms with van der Waals surface area (Å²) in [7, 11) is 0. The number of benzene rings is 2. The van der Waals surface area contributed by atoms with Gasteiger partial charge in [-0.05, 0) is 47.4 Å². The van der Waals surface area contributed by atoms with Gasteiger partial charge >= 0.3 is 0 Å². The standard InChI is InChI=1S/C18H19BrN2O/c1-18(2,3)14-8-4-12(5-9-14)16(20)22-17(21)13-6-10-15(19)11-7-13/h4-11,20-21H,1-3H3. The lowest BCUT2D eigenvalue weighted by molar-refractivity contribution is 0.538. The van der Waals surface area contributed by atoms with Crippen LogP contribution in [0.3, 0.4) is 0 Å². The smallest absolute Gasteiger partial charge is 0.221 e. The zero-order chi connectivity index (χ0) is 16.3. The van der Waals surface area contributed by atoms with Gasteiger partial charge in [-0.15, -0.1) is 0 Å². The van der Waals surface area contributed by atoms with E-state index in [-0.39, 0.29) is 17.2 Å². The van der Waals surface area contributed by atoms with E-state index in [4.69, 9.17) is 15.6 Å². The fourth-order valence-corrected chi connectivity index (χ4v) is 2.21. The molecule has 0 bridgehead atoms. The number of halogens is 1. The number of hydrogen-bond donors (Lipinski definition) is 2. The molecule has 0 heterocycles. The molecular weight excluding hydrogens is 340 g/mol. The van der Waals surface area contributed by atoms with E-state index in [0.29, 0.717) is 11.1 Å². The molecule has 22 heavy (non-hydrogen) atoms. The number of nitrogens with one attached hydrogen (secondary N) is 2. The summed E-state index contributed by atoms with van der Waals surface area (Å²) in [6.45, 7) is 6.44. The van der Waals surface area contributed by atoms with Crippen molar-refractivity contribution in [3.8, 4) is 0 Å². The van der Waals surface area contributed by atoms with Gasteiger partial charge in [0.1, 0.15) is 0 Å². The molecule has 0 saturated heterocycles. The topological polar surface area (TPSA) is 56.9 Å². The van der Waals surface area contributed by atoms with Gasteiger partial charge in [0, 0.05) is 15.6 Å². The molecule has 0 spiro atoms. The van der Waals surface area contributed by atoms with Crippen molar-refractivity contribution >= 4 is 27.7 Å². The molecule has 0 aliphatic heterocycles. The average molecular weight is 359 g/mol. The maximum absolute atomic E-state index is 8.01. The van der Waals surface area contributed by atoms with Gasteiger partial charge in [0.05, 0.1) is 0 Å². The van der Waals surface area contributed by atoms with Crippen LogP contribution >= 0.6 is 15.9 Å². The largest absolute Gasteiger partial charge is 0.421 e. The van der Waals surface area contributed by atoms with Gasteiger partial charge in [0.25, 0.3) is 0 Å². The molecule has 114 valence electrons. The molecule has 0 aliphatic rings. The second-order valence-corrected chi connectivity index (χ2v) is 7.01. The fraction of sp³-hybridized carbons (Fsp3) is 0.222. The third kappa shape index (κ3) is 4.04. The minimum Gasteiger partial charge on any atom is -0.421 e. The van der Waals surface area contributed by atoms with E-state index in [0.717, 1.165) is 4.47 Å². The average Bonchev–Trinajstić information content (AvgIpc) is 2.47. The zero-order valence-electron chi connectivity index (χ0n) is 12.9. The molecule has 4 heteroatoms. The van der Waals surface area contributed by atoms with Gasteiger partial charge < -0.3 is 4.74 Å². The third-order valence-corrected chi connectivity index (χ3v) is 3.85. The van der Waals surface area contributed by atoms with Crippen LogP contribution in [0.4, 0.5) is 0 Å². The Morgan fingerprint density at radius 2 is 1.23 bits per heavy atom. The van der Waals surface area contributed by atoms with E-state index in [1.807, 2.05) is 36.4 Å². The predicted octanol–water partition coefficient (Wildman–Crippen LogP) is 5.11. The van der Waals surface area contributed by atoms with Crippen LogP contribution in [-0.4, -0.2) is 11.8 Å². The summed E-state index contributed by atoms with van der Waals surface area (Å²) >= 11 is 3.35. The Bertz CT molecular complexity index is 683. The van der Waals surface area contributed by atoms with E-state index in [2.05, 4.69) is 36.7 Å². The summed E-state index contributed by atoms with van der Waals surface area (Å²) < 4.78 is 6.28. The Labute approximate surface area is 139 Å². The molecule has 3 nitrogen and oxygen atoms in total. The van der Waals surface area contributed by atoms with Crippen molar-refractivity contribution in [2.24, 2.45) is 0 Å². The second kappa shape index (κ2) is 6.44. The van der Waals surface area contributed by atoms with Gasteiger partial charge in [0.15, 0.2) is 0 Å². The quantitative estimate of drug-likeness (QED) is 0.568. The first-order valence-corrected chi connectivity index (χ1v) is 7.78. The minimum atomic E-state index is -0.0302. The lowest BCUT2D eigenvalue weighted by Crippen LogP contribution is -2.14. The number of ether oxygens (including phenoxy) is 1. The Hall–Kier alpha value is -1.94. The normalized spacial score (nSPS) is 11.1. The highest BCUT2D eigenvalue weighted by Crippen LogP contribution is 2.22. The summed E-state index contributed by atoms with van der Waals surface area (Å²) in [5, 5.41) is 15.9. The highest BCUT2D eigenvalue weighted by atomic mass is 79.9. The van der Waals surface area contributed by atoms with E-state index in [9.17, 15) is 0 Å². The fourth-order valence-electron chi connectivity index (χ4n) is 1.94. The summed E-state index contributed by atoms with van der Waals surface area (Å²) in [5.41, 5.74) is 2.58. The molecule has 0 saturated carbocycles. The molecule has 0 atom stereocenters. The van der Waals surface area contributed by atoms with Gasteiger partial charge in [0.2, 0.25) is 11.8 Å². The first kappa shape index (κ1) is 16.4.